The van der Waals surface area contributed by atoms with Crippen molar-refractivity contribution < 1.29 is 9.26 Å². The quantitative estimate of drug-likeness (QED) is 0.838. The van der Waals surface area contributed by atoms with E-state index < -0.39 is 0 Å². The minimum Gasteiger partial charge on any atom is -0.378 e. The van der Waals surface area contributed by atoms with Crippen molar-refractivity contribution in [2.45, 2.75) is 31.9 Å². The van der Waals surface area contributed by atoms with Crippen LogP contribution in [-0.4, -0.2) is 53.9 Å². The van der Waals surface area contributed by atoms with Crippen molar-refractivity contribution in [1.29, 1.82) is 0 Å². The first-order valence-electron chi connectivity index (χ1n) is 6.68. The van der Waals surface area contributed by atoms with Gasteiger partial charge in [0.05, 0.1) is 25.2 Å². The monoisotopic (exact) mass is 252 g/mol. The summed E-state index contributed by atoms with van der Waals surface area (Å²) in [4.78, 5) is 6.85. The van der Waals surface area contributed by atoms with Gasteiger partial charge in [-0.15, -0.1) is 0 Å². The number of piperazine rings is 1. The van der Waals surface area contributed by atoms with Crippen LogP contribution in [0.5, 0.6) is 0 Å². The molecule has 2 aliphatic rings. The first-order chi connectivity index (χ1) is 8.81. The van der Waals surface area contributed by atoms with Crippen molar-refractivity contribution in [3.63, 3.8) is 0 Å². The zero-order valence-corrected chi connectivity index (χ0v) is 10.8. The van der Waals surface area contributed by atoms with Gasteiger partial charge in [0, 0.05) is 26.2 Å². The van der Waals surface area contributed by atoms with Gasteiger partial charge in [-0.05, 0) is 13.3 Å². The fourth-order valence-corrected chi connectivity index (χ4v) is 2.56. The first kappa shape index (κ1) is 12.1. The Morgan fingerprint density at radius 3 is 2.94 bits per heavy atom. The van der Waals surface area contributed by atoms with Crippen LogP contribution in [0.1, 0.15) is 31.0 Å². The predicted molar refractivity (Wildman–Crippen MR) is 65.2 cm³/mol. The Bertz CT molecular complexity index is 389. The molecular weight excluding hydrogens is 232 g/mol. The molecule has 1 aromatic rings. The third kappa shape index (κ3) is 2.71. The van der Waals surface area contributed by atoms with Gasteiger partial charge < -0.3 is 14.6 Å². The third-order valence-corrected chi connectivity index (χ3v) is 3.61. The zero-order chi connectivity index (χ0) is 12.4. The molecule has 0 saturated carbocycles. The van der Waals surface area contributed by atoms with Gasteiger partial charge in [0.2, 0.25) is 5.89 Å². The average molecular weight is 252 g/mol. The van der Waals surface area contributed by atoms with Crippen LogP contribution in [0.2, 0.25) is 0 Å². The van der Waals surface area contributed by atoms with Crippen LogP contribution in [0.15, 0.2) is 4.52 Å². The van der Waals surface area contributed by atoms with Crippen LogP contribution in [0.4, 0.5) is 0 Å². The fourth-order valence-electron chi connectivity index (χ4n) is 2.56. The highest BCUT2D eigenvalue weighted by Gasteiger charge is 2.28. The molecule has 1 N–H and O–H groups in total. The molecular formula is C12H20N4O2. The summed E-state index contributed by atoms with van der Waals surface area (Å²) in [7, 11) is 0. The molecule has 0 spiro atoms. The lowest BCUT2D eigenvalue weighted by Gasteiger charge is -2.25. The molecule has 2 aliphatic heterocycles. The van der Waals surface area contributed by atoms with Gasteiger partial charge in [0.1, 0.15) is 0 Å². The van der Waals surface area contributed by atoms with Crippen molar-refractivity contribution >= 4 is 0 Å². The van der Waals surface area contributed by atoms with E-state index in [9.17, 15) is 0 Å². The number of ether oxygens (including phenoxy) is 1. The Kier molecular flexibility index (Phi) is 3.58. The lowest BCUT2D eigenvalue weighted by molar-refractivity contribution is 0.122. The zero-order valence-electron chi connectivity index (χ0n) is 10.8. The second-order valence-corrected chi connectivity index (χ2v) is 5.15. The molecule has 18 heavy (non-hydrogen) atoms. The maximum absolute atomic E-state index is 5.53. The maximum Gasteiger partial charge on any atom is 0.232 e. The highest BCUT2D eigenvalue weighted by Crippen LogP contribution is 2.27. The van der Waals surface area contributed by atoms with E-state index in [4.69, 9.17) is 9.26 Å². The van der Waals surface area contributed by atoms with E-state index in [1.807, 2.05) is 0 Å². The van der Waals surface area contributed by atoms with E-state index in [0.717, 1.165) is 50.9 Å². The molecule has 3 rings (SSSR count). The number of nitrogens with one attached hydrogen (secondary N) is 1. The van der Waals surface area contributed by atoms with Crippen LogP contribution in [0.25, 0.3) is 0 Å². The normalized spacial score (nSPS) is 29.8. The van der Waals surface area contributed by atoms with Gasteiger partial charge in [-0.1, -0.05) is 5.16 Å². The molecule has 2 fully saturated rings. The smallest absolute Gasteiger partial charge is 0.232 e. The minimum atomic E-state index is 0.282. The summed E-state index contributed by atoms with van der Waals surface area (Å²) in [6.45, 7) is 7.75. The van der Waals surface area contributed by atoms with Crippen LogP contribution in [0.3, 0.4) is 0 Å². The Morgan fingerprint density at radius 1 is 1.39 bits per heavy atom. The minimum absolute atomic E-state index is 0.282. The van der Waals surface area contributed by atoms with Crippen molar-refractivity contribution in [2.24, 2.45) is 0 Å². The van der Waals surface area contributed by atoms with Crippen LogP contribution < -0.4 is 5.32 Å². The fraction of sp³-hybridized carbons (Fsp3) is 0.833. The Hall–Kier alpha value is -0.980. The Labute approximate surface area is 107 Å². The molecule has 3 heterocycles. The van der Waals surface area contributed by atoms with E-state index in [2.05, 4.69) is 27.3 Å². The van der Waals surface area contributed by atoms with Crippen molar-refractivity contribution in [1.82, 2.24) is 20.4 Å². The van der Waals surface area contributed by atoms with Gasteiger partial charge in [-0.3, -0.25) is 4.90 Å². The third-order valence-electron chi connectivity index (χ3n) is 3.61. The maximum atomic E-state index is 5.53. The Balaban J connectivity index is 1.59. The SMILES string of the molecule is CC1CC(c2nc(CN3CCNCC3)no2)CO1. The molecule has 2 saturated heterocycles. The van der Waals surface area contributed by atoms with Gasteiger partial charge >= 0.3 is 0 Å². The predicted octanol–water partition coefficient (Wildman–Crippen LogP) is 0.367. The molecule has 0 aromatic carbocycles. The molecule has 0 radical (unpaired) electrons. The molecule has 6 nitrogen and oxygen atoms in total. The average Bonchev–Trinajstić information content (AvgIpc) is 2.99. The van der Waals surface area contributed by atoms with Crippen LogP contribution >= 0.6 is 0 Å². The Morgan fingerprint density at radius 2 is 2.22 bits per heavy atom. The van der Waals surface area contributed by atoms with Gasteiger partial charge in [0.25, 0.3) is 0 Å². The molecule has 0 aliphatic carbocycles. The second kappa shape index (κ2) is 5.34. The summed E-state index contributed by atoms with van der Waals surface area (Å²) < 4.78 is 10.9. The largest absolute Gasteiger partial charge is 0.378 e. The van der Waals surface area contributed by atoms with E-state index in [0.29, 0.717) is 12.7 Å². The van der Waals surface area contributed by atoms with Crippen molar-refractivity contribution in [3.05, 3.63) is 11.7 Å². The number of rotatable bonds is 3. The van der Waals surface area contributed by atoms with E-state index in [1.165, 1.54) is 0 Å². The summed E-state index contributed by atoms with van der Waals surface area (Å²) in [5.41, 5.74) is 0. The summed E-state index contributed by atoms with van der Waals surface area (Å²) in [6.07, 6.45) is 1.29. The lowest BCUT2D eigenvalue weighted by Crippen LogP contribution is -2.43. The number of hydrogen-bond donors (Lipinski definition) is 1. The highest BCUT2D eigenvalue weighted by atomic mass is 16.5. The molecule has 6 heteroatoms. The van der Waals surface area contributed by atoms with Crippen LogP contribution in [0, 0.1) is 0 Å². The molecule has 1 aromatic heterocycles. The molecule has 2 atom stereocenters. The van der Waals surface area contributed by atoms with Crippen molar-refractivity contribution in [2.75, 3.05) is 32.8 Å². The standard InChI is InChI=1S/C12H20N4O2/c1-9-6-10(8-17-9)12-14-11(15-18-12)7-16-4-2-13-3-5-16/h9-10,13H,2-8H2,1H3. The van der Waals surface area contributed by atoms with E-state index >= 15 is 0 Å². The molecule has 0 bridgehead atoms. The summed E-state index contributed by atoms with van der Waals surface area (Å²) in [5, 5.41) is 7.41. The van der Waals surface area contributed by atoms with Gasteiger partial charge in [-0.25, -0.2) is 0 Å². The summed E-state index contributed by atoms with van der Waals surface area (Å²) in [5.74, 6) is 1.82. The highest BCUT2D eigenvalue weighted by molar-refractivity contribution is 4.97. The molecule has 0 amide bonds. The lowest BCUT2D eigenvalue weighted by atomic mass is 10.1. The van der Waals surface area contributed by atoms with E-state index in [1.54, 1.807) is 0 Å². The summed E-state index contributed by atoms with van der Waals surface area (Å²) in [6, 6.07) is 0. The van der Waals surface area contributed by atoms with Crippen LogP contribution in [-0.2, 0) is 11.3 Å². The van der Waals surface area contributed by atoms with E-state index in [-0.39, 0.29) is 5.92 Å². The summed E-state index contributed by atoms with van der Waals surface area (Å²) >= 11 is 0. The first-order valence-corrected chi connectivity index (χ1v) is 6.68. The second-order valence-electron chi connectivity index (χ2n) is 5.15. The topological polar surface area (TPSA) is 63.4 Å². The number of aromatic nitrogens is 2. The van der Waals surface area contributed by atoms with Gasteiger partial charge in [0.15, 0.2) is 5.82 Å². The molecule has 2 unspecified atom stereocenters. The van der Waals surface area contributed by atoms with Crippen molar-refractivity contribution in [3.8, 4) is 0 Å². The van der Waals surface area contributed by atoms with Gasteiger partial charge in [-0.2, -0.15) is 4.98 Å². The number of hydrogen-bond acceptors (Lipinski definition) is 6. The number of nitrogens with zero attached hydrogens (tertiary/aromatic N) is 3. The molecule has 100 valence electrons.